The largest absolute Gasteiger partial charge is 0.445 e. The molecule has 1 aromatic rings. The second-order valence-electron chi connectivity index (χ2n) is 5.75. The van der Waals surface area contributed by atoms with Crippen LogP contribution < -0.4 is 5.32 Å². The summed E-state index contributed by atoms with van der Waals surface area (Å²) in [5.74, 6) is 0.174. The topological polar surface area (TPSA) is 55.4 Å². The van der Waals surface area contributed by atoms with Crippen LogP contribution in [0.4, 0.5) is 4.79 Å². The number of hydrogen-bond donors (Lipinski definition) is 1. The van der Waals surface area contributed by atoms with Crippen molar-refractivity contribution in [3.63, 3.8) is 0 Å². The molecule has 2 aliphatic rings. The summed E-state index contributed by atoms with van der Waals surface area (Å²) in [5.41, 5.74) is 3.39. The fourth-order valence-electron chi connectivity index (χ4n) is 2.93. The van der Waals surface area contributed by atoms with Gasteiger partial charge in [0, 0.05) is 12.5 Å². The van der Waals surface area contributed by atoms with Crippen LogP contribution in [0.2, 0.25) is 0 Å². The highest BCUT2D eigenvalue weighted by Crippen LogP contribution is 2.31. The Kier molecular flexibility index (Phi) is 4.37. The first-order valence-electron chi connectivity index (χ1n) is 7.60. The minimum atomic E-state index is -0.381. The van der Waals surface area contributed by atoms with Gasteiger partial charge in [-0.05, 0) is 36.5 Å². The molecule has 0 heterocycles. The van der Waals surface area contributed by atoms with Crippen molar-refractivity contribution in [2.45, 2.75) is 38.3 Å². The maximum atomic E-state index is 11.9. The van der Waals surface area contributed by atoms with Crippen molar-refractivity contribution >= 4 is 11.9 Å². The molecule has 4 heteroatoms. The monoisotopic (exact) mass is 297 g/mol. The molecule has 22 heavy (non-hydrogen) atoms. The van der Waals surface area contributed by atoms with Gasteiger partial charge in [0.05, 0.1) is 0 Å². The summed E-state index contributed by atoms with van der Waals surface area (Å²) in [6.07, 6.45) is 6.19. The molecule has 0 saturated carbocycles. The zero-order chi connectivity index (χ0) is 15.4. The molecule has 0 spiro atoms. The molecule has 3 rings (SSSR count). The van der Waals surface area contributed by atoms with Crippen LogP contribution in [-0.4, -0.2) is 17.9 Å². The van der Waals surface area contributed by atoms with Gasteiger partial charge in [-0.15, -0.1) is 0 Å². The van der Waals surface area contributed by atoms with E-state index in [1.807, 2.05) is 36.4 Å². The Morgan fingerprint density at radius 1 is 1.23 bits per heavy atom. The Bertz CT molecular complexity index is 631. The molecule has 2 aliphatic carbocycles. The van der Waals surface area contributed by atoms with Crippen LogP contribution in [0.3, 0.4) is 0 Å². The predicted molar refractivity (Wildman–Crippen MR) is 83.2 cm³/mol. The van der Waals surface area contributed by atoms with Gasteiger partial charge in [-0.3, -0.25) is 4.79 Å². The van der Waals surface area contributed by atoms with E-state index in [0.717, 1.165) is 24.8 Å². The average molecular weight is 297 g/mol. The van der Waals surface area contributed by atoms with E-state index in [1.54, 1.807) is 6.08 Å². The molecule has 0 fully saturated rings. The molecular weight excluding hydrogens is 278 g/mol. The molecule has 0 bridgehead atoms. The van der Waals surface area contributed by atoms with Crippen LogP contribution in [0, 0.1) is 0 Å². The number of carbonyl (C=O) groups excluding carboxylic acids is 2. The molecule has 4 nitrogen and oxygen atoms in total. The first-order valence-corrected chi connectivity index (χ1v) is 7.60. The minimum absolute atomic E-state index is 0.0832. The van der Waals surface area contributed by atoms with Crippen molar-refractivity contribution < 1.29 is 14.3 Å². The third kappa shape index (κ3) is 3.64. The van der Waals surface area contributed by atoms with Crippen molar-refractivity contribution in [1.29, 1.82) is 0 Å². The molecule has 1 atom stereocenters. The van der Waals surface area contributed by atoms with Crippen LogP contribution in [0.25, 0.3) is 0 Å². The second-order valence-corrected chi connectivity index (χ2v) is 5.75. The zero-order valence-electron chi connectivity index (χ0n) is 12.4. The van der Waals surface area contributed by atoms with E-state index in [9.17, 15) is 9.59 Å². The maximum absolute atomic E-state index is 11.9. The van der Waals surface area contributed by atoms with Gasteiger partial charge in [0.15, 0.2) is 5.78 Å². The van der Waals surface area contributed by atoms with Gasteiger partial charge in [-0.25, -0.2) is 4.79 Å². The van der Waals surface area contributed by atoms with Crippen molar-refractivity contribution in [2.75, 3.05) is 0 Å². The first-order chi connectivity index (χ1) is 10.7. The third-order valence-electron chi connectivity index (χ3n) is 4.11. The van der Waals surface area contributed by atoms with Gasteiger partial charge in [-0.2, -0.15) is 0 Å². The van der Waals surface area contributed by atoms with Crippen LogP contribution in [0.1, 0.15) is 31.2 Å². The molecule has 1 N–H and O–H groups in total. The maximum Gasteiger partial charge on any atom is 0.407 e. The smallest absolute Gasteiger partial charge is 0.407 e. The van der Waals surface area contributed by atoms with E-state index >= 15 is 0 Å². The molecule has 114 valence electrons. The molecule has 1 unspecified atom stereocenters. The van der Waals surface area contributed by atoms with E-state index < -0.39 is 0 Å². The highest BCUT2D eigenvalue weighted by atomic mass is 16.5. The summed E-state index contributed by atoms with van der Waals surface area (Å²) in [7, 11) is 0. The van der Waals surface area contributed by atoms with Gasteiger partial charge in [0.2, 0.25) is 0 Å². The van der Waals surface area contributed by atoms with Gasteiger partial charge in [-0.1, -0.05) is 42.0 Å². The lowest BCUT2D eigenvalue weighted by atomic mass is 9.83. The van der Waals surface area contributed by atoms with Crippen molar-refractivity contribution in [3.8, 4) is 0 Å². The fraction of sp³-hybridized carbons (Fsp3) is 0.333. The molecule has 0 radical (unpaired) electrons. The second kappa shape index (κ2) is 6.60. The number of carbonyl (C=O) groups is 2. The standard InChI is InChI=1S/C18H19NO3/c20-17-9-7-14-10-16(8-6-15(14)11-17)19-18(21)22-12-13-4-2-1-3-5-13/h1-5,7,9,16H,6,8,10-12H2,(H,19,21). The summed E-state index contributed by atoms with van der Waals surface area (Å²) in [6, 6.07) is 9.70. The number of ether oxygens (including phenoxy) is 1. The van der Waals surface area contributed by atoms with Gasteiger partial charge in [0.1, 0.15) is 6.61 Å². The van der Waals surface area contributed by atoms with E-state index in [2.05, 4.69) is 5.32 Å². The summed E-state index contributed by atoms with van der Waals surface area (Å²) in [4.78, 5) is 23.3. The Morgan fingerprint density at radius 3 is 2.86 bits per heavy atom. The first kappa shape index (κ1) is 14.6. The summed E-state index contributed by atoms with van der Waals surface area (Å²) < 4.78 is 5.25. The molecule has 1 amide bonds. The van der Waals surface area contributed by atoms with Gasteiger partial charge in [0.25, 0.3) is 0 Å². The number of hydrogen-bond acceptors (Lipinski definition) is 3. The Hall–Kier alpha value is -2.36. The van der Waals surface area contributed by atoms with E-state index in [0.29, 0.717) is 6.42 Å². The lowest BCUT2D eigenvalue weighted by Gasteiger charge is -2.27. The fourth-order valence-corrected chi connectivity index (χ4v) is 2.93. The van der Waals surface area contributed by atoms with Crippen LogP contribution in [0.5, 0.6) is 0 Å². The molecule has 1 aromatic carbocycles. The average Bonchev–Trinajstić information content (AvgIpc) is 2.54. The van der Waals surface area contributed by atoms with Crippen LogP contribution in [-0.2, 0) is 16.1 Å². The molecular formula is C18H19NO3. The number of alkyl carbamates (subject to hydrolysis) is 1. The Labute approximate surface area is 129 Å². The van der Waals surface area contributed by atoms with E-state index in [1.165, 1.54) is 11.1 Å². The van der Waals surface area contributed by atoms with Gasteiger partial charge < -0.3 is 10.1 Å². The van der Waals surface area contributed by atoms with Crippen LogP contribution in [0.15, 0.2) is 53.6 Å². The highest BCUT2D eigenvalue weighted by molar-refractivity contribution is 5.93. The summed E-state index contributed by atoms with van der Waals surface area (Å²) >= 11 is 0. The number of ketones is 1. The van der Waals surface area contributed by atoms with Crippen molar-refractivity contribution in [1.82, 2.24) is 5.32 Å². The number of allylic oxidation sites excluding steroid dienone is 3. The number of rotatable bonds is 3. The third-order valence-corrected chi connectivity index (χ3v) is 4.11. The minimum Gasteiger partial charge on any atom is -0.445 e. The number of benzene rings is 1. The van der Waals surface area contributed by atoms with Gasteiger partial charge >= 0.3 is 6.09 Å². The van der Waals surface area contributed by atoms with Crippen molar-refractivity contribution in [3.05, 3.63) is 59.2 Å². The Morgan fingerprint density at radius 2 is 2.05 bits per heavy atom. The zero-order valence-corrected chi connectivity index (χ0v) is 12.4. The Balaban J connectivity index is 1.49. The van der Waals surface area contributed by atoms with E-state index in [-0.39, 0.29) is 24.5 Å². The van der Waals surface area contributed by atoms with E-state index in [4.69, 9.17) is 4.74 Å². The van der Waals surface area contributed by atoms with Crippen LogP contribution >= 0.6 is 0 Å². The molecule has 0 saturated heterocycles. The predicted octanol–water partition coefficient (Wildman–Crippen LogP) is 3.29. The number of nitrogens with one attached hydrogen (secondary N) is 1. The summed E-state index contributed by atoms with van der Waals surface area (Å²) in [6.45, 7) is 0.280. The molecule has 0 aliphatic heterocycles. The number of amides is 1. The molecule has 0 aromatic heterocycles. The SMILES string of the molecule is O=C1C=CC2=C(CCC(NC(=O)OCc3ccccc3)C2)C1. The van der Waals surface area contributed by atoms with Crippen molar-refractivity contribution in [2.24, 2.45) is 0 Å². The lowest BCUT2D eigenvalue weighted by Crippen LogP contribution is -2.37. The highest BCUT2D eigenvalue weighted by Gasteiger charge is 2.24. The lowest BCUT2D eigenvalue weighted by molar-refractivity contribution is -0.114. The normalized spacial score (nSPS) is 20.5. The summed E-state index contributed by atoms with van der Waals surface area (Å²) in [5, 5.41) is 2.92. The quantitative estimate of drug-likeness (QED) is 0.931.